The molecule has 1 unspecified atom stereocenters. The lowest BCUT2D eigenvalue weighted by Crippen LogP contribution is -2.39. The maximum atomic E-state index is 15.7. The number of nitrogens with zero attached hydrogens (tertiary/aromatic N) is 6. The number of amides is 1. The second-order valence-corrected chi connectivity index (χ2v) is 14.0. The summed E-state index contributed by atoms with van der Waals surface area (Å²) in [6.07, 6.45) is 3.91. The van der Waals surface area contributed by atoms with Crippen LogP contribution in [0.4, 0.5) is 25.0 Å². The van der Waals surface area contributed by atoms with Crippen LogP contribution in [0.25, 0.3) is 10.9 Å². The van der Waals surface area contributed by atoms with E-state index in [1.165, 1.54) is 34.1 Å². The molecule has 2 aromatic carbocycles. The normalized spacial score (nSPS) is 22.3. The van der Waals surface area contributed by atoms with Crippen molar-refractivity contribution < 1.29 is 56.2 Å². The minimum absolute atomic E-state index is 0.0330. The number of cyclic esters (lactones) is 1. The molecule has 1 amide bonds. The molecule has 8 rings (SSSR count). The Morgan fingerprint density at radius 3 is 2.67 bits per heavy atom. The van der Waals surface area contributed by atoms with Gasteiger partial charge in [0.15, 0.2) is 23.1 Å². The van der Waals surface area contributed by atoms with Gasteiger partial charge in [-0.25, -0.2) is 32.1 Å². The number of aromatic carboxylic acids is 1. The fourth-order valence-electron chi connectivity index (χ4n) is 6.72. The first kappa shape index (κ1) is 33.1. The number of pyridine rings is 1. The van der Waals surface area contributed by atoms with Crippen LogP contribution < -0.4 is 24.7 Å². The molecular formula is C31H29F2N6O11P. The van der Waals surface area contributed by atoms with Gasteiger partial charge in [0, 0.05) is 31.0 Å². The monoisotopic (exact) mass is 730 g/mol. The number of fused-ring (bicyclic) bond motifs is 5. The van der Waals surface area contributed by atoms with Gasteiger partial charge in [0.2, 0.25) is 12.2 Å². The van der Waals surface area contributed by atoms with E-state index in [0.717, 1.165) is 25.0 Å². The van der Waals surface area contributed by atoms with Gasteiger partial charge in [-0.2, -0.15) is 0 Å². The molecule has 5 heterocycles. The summed E-state index contributed by atoms with van der Waals surface area (Å²) in [4.78, 5) is 50.4. The Morgan fingerprint density at radius 1 is 1.12 bits per heavy atom. The van der Waals surface area contributed by atoms with Gasteiger partial charge in [0.25, 0.3) is 0 Å². The molecule has 20 heteroatoms. The molecule has 0 radical (unpaired) electrons. The summed E-state index contributed by atoms with van der Waals surface area (Å²) in [5.74, 6) is -3.34. The van der Waals surface area contributed by atoms with E-state index in [2.05, 4.69) is 10.3 Å². The van der Waals surface area contributed by atoms with Crippen molar-refractivity contribution in [3.63, 3.8) is 0 Å². The highest BCUT2D eigenvalue weighted by molar-refractivity contribution is 7.47. The molecule has 3 fully saturated rings. The first-order valence-corrected chi connectivity index (χ1v) is 17.4. The van der Waals surface area contributed by atoms with Gasteiger partial charge in [-0.3, -0.25) is 14.2 Å². The summed E-state index contributed by atoms with van der Waals surface area (Å²) < 4.78 is 73.5. The molecule has 0 spiro atoms. The van der Waals surface area contributed by atoms with E-state index < -0.39 is 67.6 Å². The lowest BCUT2D eigenvalue weighted by molar-refractivity contribution is 0.0499. The Hall–Kier alpha value is -5.10. The third-order valence-corrected chi connectivity index (χ3v) is 10.1. The molecule has 4 aromatic rings. The molecule has 1 aliphatic carbocycles. The number of anilines is 2. The maximum Gasteiger partial charge on any atom is 0.475 e. The van der Waals surface area contributed by atoms with Gasteiger partial charge in [0.05, 0.1) is 48.0 Å². The largest absolute Gasteiger partial charge is 0.487 e. The fraction of sp³-hybridized carbons (Fsp3) is 0.387. The number of aromatic nitrogens is 4. The van der Waals surface area contributed by atoms with Gasteiger partial charge in [-0.05, 0) is 37.5 Å². The Bertz CT molecular complexity index is 2160. The van der Waals surface area contributed by atoms with Crippen LogP contribution in [0.3, 0.4) is 0 Å². The highest BCUT2D eigenvalue weighted by Gasteiger charge is 2.44. The average molecular weight is 731 g/mol. The number of rotatable bonds is 11. The van der Waals surface area contributed by atoms with Crippen molar-refractivity contribution in [2.45, 2.75) is 50.1 Å². The third-order valence-electron chi connectivity index (χ3n) is 9.13. The van der Waals surface area contributed by atoms with Gasteiger partial charge in [0.1, 0.15) is 24.0 Å². The zero-order chi connectivity index (χ0) is 35.6. The standard InChI is InChI=1S/C31H29F2N6O11P/c32-23-8-17(39-12-20(49-31(39)43)10-36-6-5-34-35-36)3-4-25(23)47-15-48-51(44,45)50-19-7-18-14-46-29-26-21(9-24(33)27(29)37(18)11-19)28(40)22(30(41)42)13-38(26)16-1-2-16/h3-6,8-9,13,16,18-20H,1-2,7,10-12,14-15H2,(H,41,42)(H,44,45)/t18-,19+,20-/m1/s1. The number of halogens is 2. The van der Waals surface area contributed by atoms with E-state index in [1.54, 1.807) is 15.7 Å². The van der Waals surface area contributed by atoms with E-state index in [-0.39, 0.29) is 72.5 Å². The first-order valence-electron chi connectivity index (χ1n) is 15.9. The predicted octanol–water partition coefficient (Wildman–Crippen LogP) is 3.44. The molecule has 268 valence electrons. The zero-order valence-corrected chi connectivity index (χ0v) is 27.4. The lowest BCUT2D eigenvalue weighted by atomic mass is 10.1. The number of phosphoric acid groups is 1. The summed E-state index contributed by atoms with van der Waals surface area (Å²) in [5.41, 5.74) is -0.775. The molecule has 17 nitrogen and oxygen atoms in total. The van der Waals surface area contributed by atoms with Gasteiger partial charge < -0.3 is 33.7 Å². The molecule has 2 saturated heterocycles. The number of hydrogen-bond acceptors (Lipinski definition) is 12. The summed E-state index contributed by atoms with van der Waals surface area (Å²) >= 11 is 0. The number of benzene rings is 2. The predicted molar refractivity (Wildman–Crippen MR) is 170 cm³/mol. The molecule has 1 saturated carbocycles. The Balaban J connectivity index is 0.910. The molecule has 0 bridgehead atoms. The SMILES string of the molecule is O=C(O)c1cn(C2CC2)c2c3c(c(F)cc2c1=O)N1C[C@@H](OP(=O)(O)OCOc2ccc(N4C[C@@H](Cn5ccnn5)OC4=O)cc2F)C[C@@H]1CO3. The highest BCUT2D eigenvalue weighted by Crippen LogP contribution is 2.50. The number of ether oxygens (including phenoxy) is 3. The minimum atomic E-state index is -4.77. The number of carboxylic acid groups (broad SMARTS) is 1. The van der Waals surface area contributed by atoms with Crippen LogP contribution in [0.1, 0.15) is 35.7 Å². The van der Waals surface area contributed by atoms with Crippen LogP contribution in [0.2, 0.25) is 0 Å². The Kier molecular flexibility index (Phi) is 8.16. The van der Waals surface area contributed by atoms with E-state index in [9.17, 15) is 33.3 Å². The van der Waals surface area contributed by atoms with Gasteiger partial charge >= 0.3 is 19.9 Å². The summed E-state index contributed by atoms with van der Waals surface area (Å²) in [5, 5.41) is 17.0. The molecule has 4 aliphatic rings. The second-order valence-electron chi connectivity index (χ2n) is 12.5. The van der Waals surface area contributed by atoms with Crippen molar-refractivity contribution >= 4 is 42.2 Å². The number of hydrogen-bond donors (Lipinski definition) is 2. The first-order chi connectivity index (χ1) is 24.5. The molecule has 3 aliphatic heterocycles. The average Bonchev–Trinajstić information content (AvgIpc) is 3.44. The zero-order valence-electron chi connectivity index (χ0n) is 26.5. The van der Waals surface area contributed by atoms with Gasteiger partial charge in [-0.1, -0.05) is 5.21 Å². The molecular weight excluding hydrogens is 701 g/mol. The highest BCUT2D eigenvalue weighted by atomic mass is 31.2. The van der Waals surface area contributed by atoms with E-state index in [1.807, 2.05) is 0 Å². The third kappa shape index (κ3) is 6.26. The lowest BCUT2D eigenvalue weighted by Gasteiger charge is -2.34. The number of carbonyl (C=O) groups is 2. The number of carboxylic acids is 1. The number of phosphoric ester groups is 1. The Labute approximate surface area is 286 Å². The van der Waals surface area contributed by atoms with E-state index in [0.29, 0.717) is 0 Å². The minimum Gasteiger partial charge on any atom is -0.487 e. The van der Waals surface area contributed by atoms with Crippen molar-refractivity contribution in [1.29, 1.82) is 0 Å². The smallest absolute Gasteiger partial charge is 0.475 e. The quantitative estimate of drug-likeness (QED) is 0.168. The van der Waals surface area contributed by atoms with E-state index >= 15 is 4.39 Å². The molecule has 51 heavy (non-hydrogen) atoms. The van der Waals surface area contributed by atoms with Gasteiger partial charge in [-0.15, -0.1) is 5.10 Å². The Morgan fingerprint density at radius 2 is 1.94 bits per heavy atom. The van der Waals surface area contributed by atoms with Crippen LogP contribution in [0.15, 0.2) is 47.7 Å². The molecule has 2 aromatic heterocycles. The summed E-state index contributed by atoms with van der Waals surface area (Å²) in [6.45, 7) is -0.450. The fourth-order valence-corrected chi connectivity index (χ4v) is 7.49. The van der Waals surface area contributed by atoms with E-state index in [4.69, 9.17) is 23.3 Å². The second kappa shape index (κ2) is 12.6. The summed E-state index contributed by atoms with van der Waals surface area (Å²) in [6, 6.07) is 4.16. The number of carbonyl (C=O) groups excluding carboxylic acids is 1. The summed E-state index contributed by atoms with van der Waals surface area (Å²) in [7, 11) is -4.77. The van der Waals surface area contributed by atoms with Crippen molar-refractivity contribution in [2.75, 3.05) is 36.3 Å². The maximum absolute atomic E-state index is 15.7. The van der Waals surface area contributed by atoms with Crippen molar-refractivity contribution in [2.24, 2.45) is 0 Å². The van der Waals surface area contributed by atoms with Crippen LogP contribution in [0, 0.1) is 11.6 Å². The van der Waals surface area contributed by atoms with Crippen molar-refractivity contribution in [3.05, 3.63) is 70.3 Å². The van der Waals surface area contributed by atoms with Crippen molar-refractivity contribution in [3.8, 4) is 11.5 Å². The molecule has 2 N–H and O–H groups in total. The van der Waals surface area contributed by atoms with Crippen LogP contribution in [0.5, 0.6) is 11.5 Å². The van der Waals surface area contributed by atoms with Crippen LogP contribution in [-0.2, 0) is 24.9 Å². The molecule has 4 atom stereocenters. The van der Waals surface area contributed by atoms with Crippen molar-refractivity contribution in [1.82, 2.24) is 19.6 Å². The van der Waals surface area contributed by atoms with Crippen LogP contribution in [-0.4, -0.2) is 86.4 Å². The van der Waals surface area contributed by atoms with Crippen LogP contribution >= 0.6 is 7.82 Å². The topological polar surface area (TPSA) is 197 Å².